The number of ketones is 2. The van der Waals surface area contributed by atoms with Crippen LogP contribution >= 0.6 is 0 Å². The van der Waals surface area contributed by atoms with Gasteiger partial charge in [0.15, 0.2) is 11.6 Å². The van der Waals surface area contributed by atoms with Crippen LogP contribution in [0, 0.1) is 5.92 Å². The highest BCUT2D eigenvalue weighted by atomic mass is 16.2. The number of pyridine rings is 1. The van der Waals surface area contributed by atoms with Gasteiger partial charge < -0.3 is 15.1 Å². The van der Waals surface area contributed by atoms with Crippen LogP contribution < -0.4 is 15.8 Å². The van der Waals surface area contributed by atoms with Crippen molar-refractivity contribution >= 4 is 39.9 Å². The van der Waals surface area contributed by atoms with Gasteiger partial charge in [0.2, 0.25) is 5.95 Å². The average molecular weight is 577 g/mol. The van der Waals surface area contributed by atoms with Crippen LogP contribution in [-0.4, -0.2) is 64.2 Å². The molecule has 0 spiro atoms. The molecule has 43 heavy (non-hydrogen) atoms. The van der Waals surface area contributed by atoms with Crippen molar-refractivity contribution in [3.05, 3.63) is 87.8 Å². The van der Waals surface area contributed by atoms with Gasteiger partial charge in [-0.25, -0.2) is 4.98 Å². The fraction of sp³-hybridized carbons (Fsp3) is 0.382. The van der Waals surface area contributed by atoms with E-state index in [2.05, 4.69) is 39.3 Å². The van der Waals surface area contributed by atoms with Crippen LogP contribution in [0.4, 0.5) is 17.3 Å². The normalized spacial score (nSPS) is 20.2. The molecule has 1 saturated carbocycles. The predicted molar refractivity (Wildman–Crippen MR) is 168 cm³/mol. The van der Waals surface area contributed by atoms with Crippen LogP contribution in [-0.2, 0) is 16.6 Å². The van der Waals surface area contributed by atoms with Crippen molar-refractivity contribution in [2.75, 3.05) is 43.4 Å². The van der Waals surface area contributed by atoms with Gasteiger partial charge in [-0.2, -0.15) is 4.98 Å². The second-order valence-electron chi connectivity index (χ2n) is 12.7. The van der Waals surface area contributed by atoms with Crippen LogP contribution in [0.1, 0.15) is 54.2 Å². The summed E-state index contributed by atoms with van der Waals surface area (Å²) in [7, 11) is 2.14. The van der Waals surface area contributed by atoms with Crippen molar-refractivity contribution < 1.29 is 9.59 Å². The van der Waals surface area contributed by atoms with E-state index in [1.807, 2.05) is 50.2 Å². The van der Waals surface area contributed by atoms with E-state index >= 15 is 0 Å². The summed E-state index contributed by atoms with van der Waals surface area (Å²) in [6, 6.07) is 16.8. The Morgan fingerprint density at radius 3 is 2.42 bits per heavy atom. The molecule has 220 valence electrons. The Hall–Kier alpha value is -4.37. The molecule has 1 atom stereocenters. The Balaban J connectivity index is 1.30. The molecule has 1 aliphatic heterocycles. The summed E-state index contributed by atoms with van der Waals surface area (Å²) in [5.74, 6) is -0.0544. The molecular weight excluding hydrogens is 540 g/mol. The number of carbonyl (C=O) groups is 2. The molecule has 9 nitrogen and oxygen atoms in total. The van der Waals surface area contributed by atoms with E-state index < -0.39 is 17.0 Å². The highest BCUT2D eigenvalue weighted by Crippen LogP contribution is 2.43. The number of hydrogen-bond acceptors (Lipinski definition) is 8. The van der Waals surface area contributed by atoms with Gasteiger partial charge in [0, 0.05) is 66.9 Å². The second kappa shape index (κ2) is 10.4. The summed E-state index contributed by atoms with van der Waals surface area (Å²) in [6.45, 7) is 8.02. The van der Waals surface area contributed by atoms with E-state index in [9.17, 15) is 14.4 Å². The number of fused-ring (bicyclic) bond motifs is 2. The number of piperazine rings is 1. The molecule has 1 saturated heterocycles. The van der Waals surface area contributed by atoms with Gasteiger partial charge in [0.1, 0.15) is 11.7 Å². The lowest BCUT2D eigenvalue weighted by atomic mass is 9.68. The molecule has 1 unspecified atom stereocenters. The first kappa shape index (κ1) is 27.5. The summed E-state index contributed by atoms with van der Waals surface area (Å²) >= 11 is 0. The van der Waals surface area contributed by atoms with Crippen molar-refractivity contribution in [2.45, 2.75) is 44.6 Å². The van der Waals surface area contributed by atoms with E-state index in [0.29, 0.717) is 17.0 Å². The summed E-state index contributed by atoms with van der Waals surface area (Å²) in [5, 5.41) is 3.84. The number of likely N-dealkylation sites (N-methyl/N-ethyl adjacent to an activating group) is 1. The number of anilines is 3. The highest BCUT2D eigenvalue weighted by Gasteiger charge is 2.45. The lowest BCUT2D eigenvalue weighted by molar-refractivity contribution is -0.124. The molecule has 0 bridgehead atoms. The zero-order valence-corrected chi connectivity index (χ0v) is 24.8. The third-order valence-electron chi connectivity index (χ3n) is 9.30. The zero-order valence-electron chi connectivity index (χ0n) is 24.8. The molecule has 3 heterocycles. The third-order valence-corrected chi connectivity index (χ3v) is 9.30. The fourth-order valence-corrected chi connectivity index (χ4v) is 6.72. The maximum Gasteiger partial charge on any atom is 0.263 e. The maximum absolute atomic E-state index is 14.2. The quantitative estimate of drug-likeness (QED) is 0.335. The number of Topliss-reactive ketones (excluding diaryl/α,β-unsaturated/α-hetero) is 2. The Kier molecular flexibility index (Phi) is 6.65. The minimum Gasteiger partial charge on any atom is -0.369 e. The van der Waals surface area contributed by atoms with Crippen molar-refractivity contribution in [1.82, 2.24) is 19.4 Å². The first-order valence-corrected chi connectivity index (χ1v) is 15.1. The van der Waals surface area contributed by atoms with E-state index in [1.54, 1.807) is 12.3 Å². The molecule has 2 aromatic carbocycles. The first-order valence-electron chi connectivity index (χ1n) is 15.1. The molecule has 7 rings (SSSR count). The number of carbonyl (C=O) groups excluding carboxylic acids is 2. The average Bonchev–Trinajstić information content (AvgIpc) is 3.84. The van der Waals surface area contributed by atoms with E-state index in [0.717, 1.165) is 61.5 Å². The molecule has 3 aliphatic rings. The number of benzene rings is 2. The summed E-state index contributed by atoms with van der Waals surface area (Å²) in [5.41, 5.74) is 3.25. The minimum absolute atomic E-state index is 0.0734. The topological polar surface area (TPSA) is 100 Å². The van der Waals surface area contributed by atoms with E-state index in [4.69, 9.17) is 4.98 Å². The standard InChI is InChI=1S/C34H36N6O3/c1-34(2)27-7-5-4-6-22(27)19-28(41)30(34)40-31-23(18-26(32(40)43)29(42)21-8-9-21)20-35-33(37-31)36-24-10-12-25(13-11-24)39-16-14-38(3)15-17-39/h4-7,10-13,18,20-21,30H,8-9,14-17,19H2,1-3H3,(H,35,36,37). The third kappa shape index (κ3) is 4.91. The lowest BCUT2D eigenvalue weighted by Crippen LogP contribution is -2.47. The van der Waals surface area contributed by atoms with Crippen LogP contribution in [0.15, 0.2) is 65.6 Å². The first-order chi connectivity index (χ1) is 20.7. The Labute approximate surface area is 250 Å². The fourth-order valence-electron chi connectivity index (χ4n) is 6.72. The van der Waals surface area contributed by atoms with Crippen LogP contribution in [0.5, 0.6) is 0 Å². The number of nitrogens with one attached hydrogen (secondary N) is 1. The van der Waals surface area contributed by atoms with Crippen molar-refractivity contribution in [1.29, 1.82) is 0 Å². The van der Waals surface area contributed by atoms with Gasteiger partial charge in [-0.05, 0) is 61.3 Å². The second-order valence-corrected chi connectivity index (χ2v) is 12.7. The SMILES string of the molecule is CN1CCN(c2ccc(Nc3ncc4cc(C(=O)C5CC5)c(=O)n(C5C(=O)Cc6ccccc6C5(C)C)c4n3)cc2)CC1. The van der Waals surface area contributed by atoms with Gasteiger partial charge in [-0.3, -0.25) is 19.0 Å². The summed E-state index contributed by atoms with van der Waals surface area (Å²) < 4.78 is 1.48. The predicted octanol–water partition coefficient (Wildman–Crippen LogP) is 4.52. The van der Waals surface area contributed by atoms with Crippen LogP contribution in [0.2, 0.25) is 0 Å². The maximum atomic E-state index is 14.2. The van der Waals surface area contributed by atoms with Crippen molar-refractivity contribution in [3.8, 4) is 0 Å². The number of aromatic nitrogens is 3. The molecule has 4 aromatic rings. The Morgan fingerprint density at radius 1 is 0.977 bits per heavy atom. The van der Waals surface area contributed by atoms with Crippen LogP contribution in [0.25, 0.3) is 11.0 Å². The molecule has 2 aromatic heterocycles. The van der Waals surface area contributed by atoms with Gasteiger partial charge in [-0.15, -0.1) is 0 Å². The van der Waals surface area contributed by atoms with Gasteiger partial charge in [-0.1, -0.05) is 38.1 Å². The monoisotopic (exact) mass is 576 g/mol. The van der Waals surface area contributed by atoms with Crippen LogP contribution in [0.3, 0.4) is 0 Å². The van der Waals surface area contributed by atoms with Crippen molar-refractivity contribution in [2.24, 2.45) is 5.92 Å². The summed E-state index contributed by atoms with van der Waals surface area (Å²) in [6.07, 6.45) is 3.42. The highest BCUT2D eigenvalue weighted by molar-refractivity contribution is 6.01. The molecule has 2 fully saturated rings. The molecule has 2 aliphatic carbocycles. The number of nitrogens with zero attached hydrogens (tertiary/aromatic N) is 5. The van der Waals surface area contributed by atoms with Gasteiger partial charge in [0.25, 0.3) is 5.56 Å². The molecule has 0 amide bonds. The smallest absolute Gasteiger partial charge is 0.263 e. The van der Waals surface area contributed by atoms with Gasteiger partial charge >= 0.3 is 0 Å². The summed E-state index contributed by atoms with van der Waals surface area (Å²) in [4.78, 5) is 55.3. The van der Waals surface area contributed by atoms with E-state index in [1.165, 1.54) is 4.57 Å². The van der Waals surface area contributed by atoms with Gasteiger partial charge in [0.05, 0.1) is 5.56 Å². The minimum atomic E-state index is -0.824. The van der Waals surface area contributed by atoms with Crippen molar-refractivity contribution in [3.63, 3.8) is 0 Å². The largest absolute Gasteiger partial charge is 0.369 e. The number of rotatable bonds is 6. The number of hydrogen-bond donors (Lipinski definition) is 1. The Morgan fingerprint density at radius 2 is 1.70 bits per heavy atom. The lowest BCUT2D eigenvalue weighted by Gasteiger charge is -2.40. The zero-order chi connectivity index (χ0) is 29.9. The molecule has 9 heteroatoms. The molecular formula is C34H36N6O3. The molecule has 0 radical (unpaired) electrons. The van der Waals surface area contributed by atoms with E-state index in [-0.39, 0.29) is 29.5 Å². The molecule has 1 N–H and O–H groups in total. The Bertz CT molecular complexity index is 1800.